The molecule has 2 nitrogen and oxygen atoms in total. The molecule has 0 atom stereocenters. The number of ether oxygens (including phenoxy) is 1. The third-order valence-corrected chi connectivity index (χ3v) is 3.56. The molecule has 0 aliphatic carbocycles. The lowest BCUT2D eigenvalue weighted by Gasteiger charge is -2.24. The topological polar surface area (TPSA) is 26.3 Å². The van der Waals surface area contributed by atoms with Crippen LogP contribution < -0.4 is 0 Å². The van der Waals surface area contributed by atoms with Gasteiger partial charge in [0, 0.05) is 6.42 Å². The average Bonchev–Trinajstić information content (AvgIpc) is 2.36. The van der Waals surface area contributed by atoms with Gasteiger partial charge in [-0.25, -0.2) is 0 Å². The zero-order valence-electron chi connectivity index (χ0n) is 13.6. The average molecular weight is 270 g/mol. The molecule has 0 aromatic rings. The molecule has 114 valence electrons. The number of unbranched alkanes of at least 4 members (excludes halogenated alkanes) is 8. The van der Waals surface area contributed by atoms with E-state index in [1.165, 1.54) is 57.8 Å². The molecule has 0 N–H and O–H groups in total. The van der Waals surface area contributed by atoms with Crippen molar-refractivity contribution in [1.29, 1.82) is 0 Å². The van der Waals surface area contributed by atoms with E-state index in [1.54, 1.807) is 0 Å². The highest BCUT2D eigenvalue weighted by Gasteiger charge is 2.21. The van der Waals surface area contributed by atoms with Gasteiger partial charge in [0.05, 0.1) is 0 Å². The fourth-order valence-corrected chi connectivity index (χ4v) is 2.29. The van der Waals surface area contributed by atoms with Crippen LogP contribution in [0.4, 0.5) is 0 Å². The van der Waals surface area contributed by atoms with Gasteiger partial charge in [-0.2, -0.15) is 0 Å². The summed E-state index contributed by atoms with van der Waals surface area (Å²) in [5.74, 6) is -0.0825. The summed E-state index contributed by atoms with van der Waals surface area (Å²) in [5, 5.41) is 0. The Morgan fingerprint density at radius 1 is 0.842 bits per heavy atom. The molecule has 0 fully saturated rings. The summed E-state index contributed by atoms with van der Waals surface area (Å²) in [6.07, 6.45) is 13.5. The Labute approximate surface area is 120 Å². The lowest BCUT2D eigenvalue weighted by atomic mass is 9.99. The van der Waals surface area contributed by atoms with Gasteiger partial charge in [-0.3, -0.25) is 4.79 Å². The van der Waals surface area contributed by atoms with Gasteiger partial charge in [0.25, 0.3) is 0 Å². The van der Waals surface area contributed by atoms with Crippen LogP contribution in [0.3, 0.4) is 0 Å². The number of carbonyl (C=O) groups is 1. The summed E-state index contributed by atoms with van der Waals surface area (Å²) in [7, 11) is 0. The molecule has 0 aliphatic heterocycles. The van der Waals surface area contributed by atoms with E-state index < -0.39 is 0 Å². The molecular weight excluding hydrogens is 236 g/mol. The SMILES string of the molecule is CCCCCCCCCCCC(C)(C)OC(=O)CC. The monoisotopic (exact) mass is 270 g/mol. The number of rotatable bonds is 12. The van der Waals surface area contributed by atoms with Gasteiger partial charge < -0.3 is 4.74 Å². The predicted octanol–water partition coefficient (Wildman–Crippen LogP) is 5.64. The van der Waals surface area contributed by atoms with Crippen LogP contribution in [0.5, 0.6) is 0 Å². The van der Waals surface area contributed by atoms with Crippen molar-refractivity contribution in [1.82, 2.24) is 0 Å². The quantitative estimate of drug-likeness (QED) is 0.339. The normalized spacial score (nSPS) is 11.6. The standard InChI is InChI=1S/C17H34O2/c1-5-7-8-9-10-11-12-13-14-15-17(3,4)19-16(18)6-2/h5-15H2,1-4H3. The molecule has 0 aromatic carbocycles. The first-order chi connectivity index (χ1) is 9.02. The molecule has 0 rings (SSSR count). The van der Waals surface area contributed by atoms with E-state index in [4.69, 9.17) is 4.74 Å². The molecule has 0 saturated carbocycles. The van der Waals surface area contributed by atoms with Crippen molar-refractivity contribution in [2.24, 2.45) is 0 Å². The summed E-state index contributed by atoms with van der Waals surface area (Å²) >= 11 is 0. The zero-order chi connectivity index (χ0) is 14.6. The summed E-state index contributed by atoms with van der Waals surface area (Å²) < 4.78 is 5.42. The zero-order valence-corrected chi connectivity index (χ0v) is 13.6. The molecule has 0 unspecified atom stereocenters. The van der Waals surface area contributed by atoms with E-state index in [0.717, 1.165) is 6.42 Å². The van der Waals surface area contributed by atoms with Gasteiger partial charge in [0.15, 0.2) is 0 Å². The Balaban J connectivity index is 3.40. The maximum Gasteiger partial charge on any atom is 0.306 e. The Morgan fingerprint density at radius 2 is 1.32 bits per heavy atom. The van der Waals surface area contributed by atoms with E-state index in [2.05, 4.69) is 6.92 Å². The number of hydrogen-bond acceptors (Lipinski definition) is 2. The van der Waals surface area contributed by atoms with Crippen molar-refractivity contribution in [3.05, 3.63) is 0 Å². The van der Waals surface area contributed by atoms with E-state index >= 15 is 0 Å². The maximum atomic E-state index is 11.3. The molecule has 0 spiro atoms. The number of esters is 1. The number of carbonyl (C=O) groups excluding carboxylic acids is 1. The lowest BCUT2D eigenvalue weighted by molar-refractivity contribution is -0.156. The van der Waals surface area contributed by atoms with Gasteiger partial charge >= 0.3 is 5.97 Å². The van der Waals surface area contributed by atoms with Crippen molar-refractivity contribution in [3.8, 4) is 0 Å². The summed E-state index contributed by atoms with van der Waals surface area (Å²) in [5.41, 5.74) is -0.284. The fourth-order valence-electron chi connectivity index (χ4n) is 2.29. The highest BCUT2D eigenvalue weighted by Crippen LogP contribution is 2.20. The first kappa shape index (κ1) is 18.5. The Kier molecular flexibility index (Phi) is 11.0. The predicted molar refractivity (Wildman–Crippen MR) is 82.3 cm³/mol. The minimum Gasteiger partial charge on any atom is -0.460 e. The second kappa shape index (κ2) is 11.3. The van der Waals surface area contributed by atoms with Crippen molar-refractivity contribution in [2.45, 2.75) is 104 Å². The van der Waals surface area contributed by atoms with Crippen molar-refractivity contribution in [3.63, 3.8) is 0 Å². The van der Waals surface area contributed by atoms with Gasteiger partial charge in [0.1, 0.15) is 5.60 Å². The van der Waals surface area contributed by atoms with Crippen LogP contribution in [0.2, 0.25) is 0 Å². The molecule has 0 aromatic heterocycles. The lowest BCUT2D eigenvalue weighted by Crippen LogP contribution is -2.27. The second-order valence-corrected chi connectivity index (χ2v) is 6.17. The minimum atomic E-state index is -0.284. The molecule has 0 radical (unpaired) electrons. The molecule has 0 saturated heterocycles. The summed E-state index contributed by atoms with van der Waals surface area (Å²) in [4.78, 5) is 11.3. The highest BCUT2D eigenvalue weighted by atomic mass is 16.6. The summed E-state index contributed by atoms with van der Waals surface area (Å²) in [6.45, 7) is 8.14. The Hall–Kier alpha value is -0.530. The minimum absolute atomic E-state index is 0.0825. The van der Waals surface area contributed by atoms with Crippen molar-refractivity contribution >= 4 is 5.97 Å². The van der Waals surface area contributed by atoms with E-state index in [1.807, 2.05) is 20.8 Å². The van der Waals surface area contributed by atoms with E-state index in [0.29, 0.717) is 6.42 Å². The maximum absolute atomic E-state index is 11.3. The fraction of sp³-hybridized carbons (Fsp3) is 0.941. The smallest absolute Gasteiger partial charge is 0.306 e. The van der Waals surface area contributed by atoms with E-state index in [-0.39, 0.29) is 11.6 Å². The highest BCUT2D eigenvalue weighted by molar-refractivity contribution is 5.69. The molecule has 19 heavy (non-hydrogen) atoms. The van der Waals surface area contributed by atoms with Crippen LogP contribution in [-0.2, 0) is 9.53 Å². The molecule has 0 amide bonds. The summed E-state index contributed by atoms with van der Waals surface area (Å²) in [6, 6.07) is 0. The Morgan fingerprint density at radius 3 is 1.79 bits per heavy atom. The van der Waals surface area contributed by atoms with Crippen LogP contribution in [0.15, 0.2) is 0 Å². The third-order valence-electron chi connectivity index (χ3n) is 3.56. The number of hydrogen-bond donors (Lipinski definition) is 0. The molecule has 0 aliphatic rings. The van der Waals surface area contributed by atoms with Gasteiger partial charge in [-0.1, -0.05) is 65.2 Å². The molecule has 0 bridgehead atoms. The van der Waals surface area contributed by atoms with Crippen molar-refractivity contribution < 1.29 is 9.53 Å². The first-order valence-electron chi connectivity index (χ1n) is 8.23. The van der Waals surface area contributed by atoms with Crippen molar-refractivity contribution in [2.75, 3.05) is 0 Å². The van der Waals surface area contributed by atoms with Crippen LogP contribution in [0.25, 0.3) is 0 Å². The third kappa shape index (κ3) is 12.3. The first-order valence-corrected chi connectivity index (χ1v) is 8.23. The Bertz CT molecular complexity index is 221. The van der Waals surface area contributed by atoms with Crippen LogP contribution in [0.1, 0.15) is 98.3 Å². The molecule has 2 heteroatoms. The largest absolute Gasteiger partial charge is 0.460 e. The van der Waals surface area contributed by atoms with Crippen LogP contribution in [0, 0.1) is 0 Å². The van der Waals surface area contributed by atoms with Crippen LogP contribution in [-0.4, -0.2) is 11.6 Å². The van der Waals surface area contributed by atoms with Gasteiger partial charge in [-0.05, 0) is 26.7 Å². The van der Waals surface area contributed by atoms with E-state index in [9.17, 15) is 4.79 Å². The van der Waals surface area contributed by atoms with Gasteiger partial charge in [0.2, 0.25) is 0 Å². The molecule has 0 heterocycles. The second-order valence-electron chi connectivity index (χ2n) is 6.17. The molecular formula is C17H34O2. The van der Waals surface area contributed by atoms with Gasteiger partial charge in [-0.15, -0.1) is 0 Å². The van der Waals surface area contributed by atoms with Crippen LogP contribution >= 0.6 is 0 Å².